The number of carbonyl (C=O) groups is 2. The van der Waals surface area contributed by atoms with E-state index in [0.717, 1.165) is 19.6 Å². The smallest absolute Gasteiger partial charge is 0.326 e. The van der Waals surface area contributed by atoms with Crippen molar-refractivity contribution in [1.29, 1.82) is 0 Å². The van der Waals surface area contributed by atoms with Gasteiger partial charge in [-0.3, -0.25) is 14.5 Å². The number of nitrogens with zero attached hydrogens (tertiary/aromatic N) is 1. The molecule has 2 N–H and O–H groups in total. The zero-order valence-electron chi connectivity index (χ0n) is 53.6. The molecule has 14 heteroatoms. The molecule has 470 valence electrons. The number of methoxy groups -OCH3 is 2. The van der Waals surface area contributed by atoms with Gasteiger partial charge in [0, 0.05) is 40.4 Å². The fourth-order valence-electron chi connectivity index (χ4n) is 29.9. The summed E-state index contributed by atoms with van der Waals surface area (Å²) in [6, 6.07) is 0. The van der Waals surface area contributed by atoms with E-state index in [2.05, 4.69) is 4.90 Å². The van der Waals surface area contributed by atoms with Crippen LogP contribution in [0.3, 0.4) is 0 Å². The molecule has 14 nitrogen and oxygen atoms in total. The zero-order valence-corrected chi connectivity index (χ0v) is 53.6. The Morgan fingerprint density at radius 2 is 0.515 bits per heavy atom. The number of esters is 2. The van der Waals surface area contributed by atoms with Crippen LogP contribution in [-0.2, 0) is 78.6 Å². The number of carbonyl (C=O) groups excluding carboxylic acids is 2. The minimum absolute atomic E-state index is 0.0428. The third kappa shape index (κ3) is 3.41. The van der Waals surface area contributed by atoms with Gasteiger partial charge in [0.2, 0.25) is 0 Å². The minimum atomic E-state index is -1.92. The third-order valence-electron chi connectivity index (χ3n) is 30.8. The monoisotopic (exact) mass is 1290 g/mol. The zero-order chi connectivity index (χ0) is 62.8. The first kappa shape index (κ1) is 48.1. The van der Waals surface area contributed by atoms with Crippen LogP contribution in [0.25, 0.3) is 259 Å². The predicted molar refractivity (Wildman–Crippen MR) is 385 cm³/mol. The molecule has 2 fully saturated rings. The summed E-state index contributed by atoms with van der Waals surface area (Å²) in [6.07, 6.45) is 0. The van der Waals surface area contributed by atoms with Crippen LogP contribution in [0.5, 0.6) is 0 Å². The molecule has 0 radical (unpaired) electrons. The van der Waals surface area contributed by atoms with E-state index >= 15 is 9.59 Å². The Kier molecular flexibility index (Phi) is 6.49. The summed E-state index contributed by atoms with van der Waals surface area (Å²) in [5, 5.41) is 66.8. The van der Waals surface area contributed by atoms with Gasteiger partial charge in [0.25, 0.3) is 0 Å². The van der Waals surface area contributed by atoms with Crippen molar-refractivity contribution in [2.45, 2.75) is 21.7 Å². The highest BCUT2D eigenvalue weighted by Crippen LogP contribution is 2.98. The van der Waals surface area contributed by atoms with Gasteiger partial charge in [-0.25, -0.2) is 0 Å². The molecule has 34 rings (SSSR count). The quantitative estimate of drug-likeness (QED) is 0.0214. The average molecular weight is 1290 g/mol. The number of ether oxygens (including phenoxy) is 10. The highest BCUT2D eigenvalue weighted by Gasteiger charge is 3.02. The van der Waals surface area contributed by atoms with E-state index in [0.29, 0.717) is 85.8 Å². The molecule has 24 aromatic carbocycles. The molecule has 1 saturated heterocycles. The van der Waals surface area contributed by atoms with Crippen LogP contribution in [0.15, 0.2) is 0 Å². The minimum Gasteiger partial charge on any atom is -0.462 e. The van der Waals surface area contributed by atoms with Gasteiger partial charge in [-0.15, -0.1) is 0 Å². The highest BCUT2D eigenvalue weighted by molar-refractivity contribution is 6.79. The van der Waals surface area contributed by atoms with Crippen molar-refractivity contribution in [3.05, 3.63) is 44.5 Å². The van der Waals surface area contributed by atoms with Crippen LogP contribution in [0.1, 0.15) is 44.5 Å². The molecule has 4 spiro atoms. The van der Waals surface area contributed by atoms with Crippen molar-refractivity contribution in [3.63, 3.8) is 0 Å². The third-order valence-corrected chi connectivity index (χ3v) is 30.8. The second-order valence-corrected chi connectivity index (χ2v) is 32.5. The number of rotatable bonds is 28. The normalized spacial score (nSPS) is 23.7. The van der Waals surface area contributed by atoms with Gasteiger partial charge in [0.1, 0.15) is 13.2 Å². The molecule has 9 aliphatic carbocycles. The molecule has 2 unspecified atom stereocenters. The van der Waals surface area contributed by atoms with E-state index in [-0.39, 0.29) is 26.4 Å². The molecule has 1 heterocycles. The van der Waals surface area contributed by atoms with Crippen molar-refractivity contribution in [3.8, 4) is 11.1 Å². The molecular weight excluding hydrogens is 1240 g/mol. The SMILES string of the molecule is COCCOCCOCCOC(=O)C1(C(=O)OCCOCCOCCOC)C23c4c5c6c7c8c9c%10c%11c%12c%13c%14c(c-5c5c%15c%16c(c%17c%18c2c2c4c7c4c8c7c%10c8c%10c%11c%11c%13c(c%14%15)c%13c%16c%14c%17c%15c%18c%16c2c4c2c7c8c4c(c%162)c%15c2c%14c%13c%11c%10c24)C513)C61CN(CCOCCOCCN)CC9%121. The van der Waals surface area contributed by atoms with E-state index in [1.54, 1.807) is 57.7 Å². The maximum Gasteiger partial charge on any atom is 0.326 e. The van der Waals surface area contributed by atoms with Gasteiger partial charge in [-0.2, -0.15) is 0 Å². The lowest BCUT2D eigenvalue weighted by atomic mass is 9.50. The standard InChI is InChI=1S/C85H48N2O12/c1-90-7-9-94-13-15-96-17-19-98-79(88)85(80(89)99-20-18-97-16-14-95-10-8-91-2)83-75-63-53-42-32-25-23-24-26-31(25)44(53)54-43-33(26)30-35-28(24)37-36-27(23)34-29(32)38-45-49-40(34)47(36)57-58-48(37)41(35)50-46-39(30)52(43)66-68-56(46)62-60(50)72(58)81-21-87(4-6-93-12-11-92-5-3-86)22-82(81)73-61(59(49)71(57)81)55(45)67(65(75)51(38)42)77(83)69(73)70(74(62)82)78(68)84(83,85)76(66)64(54)63/h3-22,86H2,1-2H3. The summed E-state index contributed by atoms with van der Waals surface area (Å²) in [4.78, 5) is 38.5. The number of benzene rings is 16. The number of hydrogen-bond acceptors (Lipinski definition) is 14. The highest BCUT2D eigenvalue weighted by atomic mass is 16.6. The Bertz CT molecular complexity index is 7540. The second kappa shape index (κ2) is 13.3. The van der Waals surface area contributed by atoms with Crippen LogP contribution < -0.4 is 5.73 Å². The summed E-state index contributed by atoms with van der Waals surface area (Å²) >= 11 is 0. The van der Waals surface area contributed by atoms with Gasteiger partial charge in [-0.05, 0) is 303 Å². The van der Waals surface area contributed by atoms with E-state index < -0.39 is 39.0 Å². The maximum atomic E-state index is 17.8. The first-order valence-corrected chi connectivity index (χ1v) is 36.3. The van der Waals surface area contributed by atoms with Gasteiger partial charge in [0.05, 0.1) is 114 Å². The van der Waals surface area contributed by atoms with Gasteiger partial charge >= 0.3 is 11.9 Å². The van der Waals surface area contributed by atoms with Crippen molar-refractivity contribution in [2.75, 3.05) is 146 Å². The molecule has 10 aliphatic rings. The first-order chi connectivity index (χ1) is 49.1. The van der Waals surface area contributed by atoms with Crippen LogP contribution in [0.4, 0.5) is 0 Å². The Hall–Kier alpha value is -8.74. The molecule has 1 saturated carbocycles. The van der Waals surface area contributed by atoms with E-state index in [4.69, 9.17) is 53.1 Å². The van der Waals surface area contributed by atoms with E-state index in [9.17, 15) is 0 Å². The lowest BCUT2D eigenvalue weighted by Gasteiger charge is -2.49. The summed E-state index contributed by atoms with van der Waals surface area (Å²) in [6.45, 7) is 8.56. The van der Waals surface area contributed by atoms with Gasteiger partial charge in [-0.1, -0.05) is 0 Å². The lowest BCUT2D eigenvalue weighted by Crippen LogP contribution is -2.51. The number of likely N-dealkylation sites (tertiary alicyclic amines) is 1. The van der Waals surface area contributed by atoms with Crippen molar-refractivity contribution < 1.29 is 57.0 Å². The van der Waals surface area contributed by atoms with E-state index in [1.165, 1.54) is 260 Å². The topological polar surface area (TPSA) is 156 Å². The van der Waals surface area contributed by atoms with Gasteiger partial charge in [0.15, 0.2) is 5.41 Å². The molecule has 99 heavy (non-hydrogen) atoms. The summed E-state index contributed by atoms with van der Waals surface area (Å²) in [7, 11) is 3.34. The molecule has 24 aromatic rings. The fourth-order valence-corrected chi connectivity index (χ4v) is 29.9. The van der Waals surface area contributed by atoms with Crippen LogP contribution >= 0.6 is 0 Å². The van der Waals surface area contributed by atoms with Crippen LogP contribution in [0, 0.1) is 5.41 Å². The van der Waals surface area contributed by atoms with Gasteiger partial charge < -0.3 is 53.1 Å². The van der Waals surface area contributed by atoms with E-state index in [1.807, 2.05) is 0 Å². The Labute approximate surface area is 553 Å². The summed E-state index contributed by atoms with van der Waals surface area (Å²) in [5.41, 5.74) is 14.1. The summed E-state index contributed by atoms with van der Waals surface area (Å²) < 4.78 is 61.6. The lowest BCUT2D eigenvalue weighted by molar-refractivity contribution is -0.168. The number of hydrogen-bond donors (Lipinski definition) is 1. The second-order valence-electron chi connectivity index (χ2n) is 32.5. The van der Waals surface area contributed by atoms with Crippen LogP contribution in [-0.4, -0.2) is 163 Å². The Morgan fingerprint density at radius 1 is 0.283 bits per heavy atom. The molecule has 2 atom stereocenters. The van der Waals surface area contributed by atoms with Crippen molar-refractivity contribution >= 4 is 260 Å². The predicted octanol–water partition coefficient (Wildman–Crippen LogP) is 13.6. The Balaban J connectivity index is 0.793. The molecule has 0 aromatic heterocycles. The number of nitrogens with two attached hydrogens (primary N) is 1. The Morgan fingerprint density at radius 3 is 0.828 bits per heavy atom. The molecule has 0 bridgehead atoms. The van der Waals surface area contributed by atoms with Crippen molar-refractivity contribution in [1.82, 2.24) is 4.90 Å². The molecule has 1 aliphatic heterocycles. The summed E-state index contributed by atoms with van der Waals surface area (Å²) in [5.74, 6) is -1.02. The fraction of sp³-hybridized carbons (Fsp3) is 0.318. The van der Waals surface area contributed by atoms with Crippen molar-refractivity contribution in [2.24, 2.45) is 11.1 Å². The molecule has 0 amide bonds. The average Bonchev–Trinajstić information content (AvgIpc) is 1.35. The molecular formula is C85H48N2O12. The maximum absolute atomic E-state index is 17.8. The largest absolute Gasteiger partial charge is 0.462 e. The first-order valence-electron chi connectivity index (χ1n) is 36.3. The van der Waals surface area contributed by atoms with Crippen LogP contribution in [0.2, 0.25) is 0 Å².